The second-order valence-corrected chi connectivity index (χ2v) is 8.70. The normalized spacial score (nSPS) is 22.8. The molecule has 8 nitrogen and oxygen atoms in total. The maximum absolute atomic E-state index is 12.6. The summed E-state index contributed by atoms with van der Waals surface area (Å²) in [5.41, 5.74) is 0.962. The number of aryl methyl sites for hydroxylation is 1. The number of halogens is 3. The van der Waals surface area contributed by atoms with Gasteiger partial charge >= 0.3 is 6.18 Å². The monoisotopic (exact) mass is 449 g/mol. The van der Waals surface area contributed by atoms with Crippen LogP contribution < -0.4 is 20.9 Å². The number of carbonyl (C=O) groups excluding carboxylic acids is 1. The molecule has 1 aliphatic heterocycles. The largest absolute Gasteiger partial charge is 0.433 e. The smallest absolute Gasteiger partial charge is 0.381 e. The summed E-state index contributed by atoms with van der Waals surface area (Å²) in [5.74, 6) is 1.24. The molecule has 4 rings (SSSR count). The highest BCUT2D eigenvalue weighted by atomic mass is 19.4. The predicted molar refractivity (Wildman–Crippen MR) is 116 cm³/mol. The molecule has 1 saturated carbocycles. The molecule has 0 aromatic carbocycles. The van der Waals surface area contributed by atoms with Gasteiger partial charge in [0, 0.05) is 19.1 Å². The Kier molecular flexibility index (Phi) is 5.59. The Morgan fingerprint density at radius 3 is 2.44 bits per heavy atom. The number of amides is 1. The number of alkyl halides is 3. The summed E-state index contributed by atoms with van der Waals surface area (Å²) in [5, 5.41) is 9.45. The molecule has 1 amide bonds. The van der Waals surface area contributed by atoms with E-state index in [2.05, 4.69) is 30.9 Å². The average molecular weight is 449 g/mol. The van der Waals surface area contributed by atoms with E-state index in [1.165, 1.54) is 12.3 Å². The third-order valence-electron chi connectivity index (χ3n) is 5.87. The molecule has 2 aromatic heterocycles. The van der Waals surface area contributed by atoms with Crippen LogP contribution in [0.3, 0.4) is 0 Å². The van der Waals surface area contributed by atoms with Gasteiger partial charge in [-0.1, -0.05) is 13.8 Å². The number of aromatic nitrogens is 3. The molecule has 0 saturated heterocycles. The quantitative estimate of drug-likeness (QED) is 0.641. The molecule has 1 aliphatic carbocycles. The van der Waals surface area contributed by atoms with Crippen LogP contribution in [0.5, 0.6) is 0 Å². The van der Waals surface area contributed by atoms with Crippen LogP contribution in [-0.2, 0) is 11.0 Å². The van der Waals surface area contributed by atoms with Gasteiger partial charge in [0.05, 0.1) is 17.6 Å². The van der Waals surface area contributed by atoms with Gasteiger partial charge in [0.15, 0.2) is 5.82 Å². The standard InChI is InChI=1S/C21H26F3N7O/c1-10(2)17-19(32)29-16-11(3)26-20(30-18(16)31(17)4)28-14-7-13(8-14)27-12-5-6-15(25-9-12)21(22,23)24/h5-6,9-10,13-14,17,27H,7-8H2,1-4H3,(H,29,32)(H,26,28,30)/t13?,14?,17-/m0/s1. The number of anilines is 4. The SMILES string of the molecule is Cc1nc(NC2CC(Nc3ccc(C(F)(F)F)nc3)C2)nc2c1NC(=O)[C@H](C(C)C)N2C. The van der Waals surface area contributed by atoms with Crippen molar-refractivity contribution in [3.63, 3.8) is 0 Å². The minimum Gasteiger partial charge on any atom is -0.381 e. The summed E-state index contributed by atoms with van der Waals surface area (Å²) < 4.78 is 37.9. The molecular weight excluding hydrogens is 423 g/mol. The van der Waals surface area contributed by atoms with Gasteiger partial charge < -0.3 is 20.9 Å². The van der Waals surface area contributed by atoms with Crippen LogP contribution in [0, 0.1) is 12.8 Å². The summed E-state index contributed by atoms with van der Waals surface area (Å²) in [7, 11) is 1.86. The van der Waals surface area contributed by atoms with E-state index in [0.29, 0.717) is 28.8 Å². The topological polar surface area (TPSA) is 95.1 Å². The van der Waals surface area contributed by atoms with E-state index in [-0.39, 0.29) is 30.0 Å². The van der Waals surface area contributed by atoms with E-state index in [1.807, 2.05) is 32.7 Å². The maximum Gasteiger partial charge on any atom is 0.433 e. The highest BCUT2D eigenvalue weighted by molar-refractivity contribution is 6.03. The van der Waals surface area contributed by atoms with Crippen LogP contribution in [0.4, 0.5) is 36.3 Å². The molecule has 0 radical (unpaired) electrons. The minimum absolute atomic E-state index is 0.0620. The molecule has 172 valence electrons. The Hall–Kier alpha value is -3.11. The summed E-state index contributed by atoms with van der Waals surface area (Å²) >= 11 is 0. The molecule has 32 heavy (non-hydrogen) atoms. The number of pyridine rings is 1. The first kappa shape index (κ1) is 22.1. The Balaban J connectivity index is 1.37. The van der Waals surface area contributed by atoms with E-state index in [9.17, 15) is 18.0 Å². The zero-order valence-electron chi connectivity index (χ0n) is 18.3. The second-order valence-electron chi connectivity index (χ2n) is 8.70. The van der Waals surface area contributed by atoms with E-state index in [0.717, 1.165) is 18.9 Å². The molecule has 0 spiro atoms. The van der Waals surface area contributed by atoms with Gasteiger partial charge in [-0.25, -0.2) is 9.97 Å². The van der Waals surface area contributed by atoms with Crippen LogP contribution in [0.1, 0.15) is 38.1 Å². The summed E-state index contributed by atoms with van der Waals surface area (Å²) in [6.45, 7) is 5.82. The van der Waals surface area contributed by atoms with E-state index >= 15 is 0 Å². The molecule has 0 unspecified atom stereocenters. The van der Waals surface area contributed by atoms with Crippen molar-refractivity contribution >= 4 is 29.0 Å². The molecule has 3 N–H and O–H groups in total. The highest BCUT2D eigenvalue weighted by Crippen LogP contribution is 2.35. The van der Waals surface area contributed by atoms with Gasteiger partial charge in [0.2, 0.25) is 11.9 Å². The molecule has 2 aromatic rings. The first-order valence-corrected chi connectivity index (χ1v) is 10.5. The summed E-state index contributed by atoms with van der Waals surface area (Å²) in [6, 6.07) is 2.31. The number of rotatable bonds is 5. The lowest BCUT2D eigenvalue weighted by Gasteiger charge is -2.38. The minimum atomic E-state index is -4.44. The first-order chi connectivity index (χ1) is 15.0. The van der Waals surface area contributed by atoms with Crippen molar-refractivity contribution in [2.24, 2.45) is 5.92 Å². The van der Waals surface area contributed by atoms with Crippen molar-refractivity contribution in [1.82, 2.24) is 15.0 Å². The van der Waals surface area contributed by atoms with Crippen LogP contribution in [-0.4, -0.2) is 46.0 Å². The number of nitrogens with one attached hydrogen (secondary N) is 3. The zero-order valence-corrected chi connectivity index (χ0v) is 18.3. The Labute approximate surface area is 184 Å². The van der Waals surface area contributed by atoms with Crippen molar-refractivity contribution in [2.75, 3.05) is 27.9 Å². The lowest BCUT2D eigenvalue weighted by Crippen LogP contribution is -2.50. The van der Waals surface area contributed by atoms with E-state index < -0.39 is 11.9 Å². The van der Waals surface area contributed by atoms with Crippen LogP contribution in [0.15, 0.2) is 18.3 Å². The van der Waals surface area contributed by atoms with Crippen molar-refractivity contribution < 1.29 is 18.0 Å². The Morgan fingerprint density at radius 2 is 1.84 bits per heavy atom. The van der Waals surface area contributed by atoms with Gasteiger partial charge in [-0.3, -0.25) is 4.79 Å². The number of likely N-dealkylation sites (N-methyl/N-ethyl adjacent to an activating group) is 1. The molecule has 3 heterocycles. The van der Waals surface area contributed by atoms with Crippen molar-refractivity contribution in [1.29, 1.82) is 0 Å². The third-order valence-corrected chi connectivity index (χ3v) is 5.87. The Bertz CT molecular complexity index is 1000. The number of carbonyl (C=O) groups is 1. The Morgan fingerprint density at radius 1 is 1.16 bits per heavy atom. The fourth-order valence-corrected chi connectivity index (χ4v) is 4.20. The van der Waals surface area contributed by atoms with Gasteiger partial charge in [-0.2, -0.15) is 18.2 Å². The van der Waals surface area contributed by atoms with E-state index in [1.54, 1.807) is 0 Å². The fourth-order valence-electron chi connectivity index (χ4n) is 4.20. The zero-order chi connectivity index (χ0) is 23.2. The van der Waals surface area contributed by atoms with Crippen molar-refractivity contribution in [2.45, 2.75) is 57.9 Å². The first-order valence-electron chi connectivity index (χ1n) is 10.5. The number of hydrogen-bond donors (Lipinski definition) is 3. The molecule has 2 aliphatic rings. The van der Waals surface area contributed by atoms with Gasteiger partial charge in [-0.15, -0.1) is 0 Å². The number of fused-ring (bicyclic) bond motifs is 1. The molecule has 1 fully saturated rings. The lowest BCUT2D eigenvalue weighted by atomic mass is 9.86. The number of hydrogen-bond acceptors (Lipinski definition) is 7. The third kappa shape index (κ3) is 4.28. The van der Waals surface area contributed by atoms with Crippen LogP contribution >= 0.6 is 0 Å². The predicted octanol–water partition coefficient (Wildman–Crippen LogP) is 3.67. The van der Waals surface area contributed by atoms with Crippen LogP contribution in [0.25, 0.3) is 0 Å². The number of nitrogens with zero attached hydrogens (tertiary/aromatic N) is 4. The van der Waals surface area contributed by atoms with E-state index in [4.69, 9.17) is 0 Å². The fraction of sp³-hybridized carbons (Fsp3) is 0.524. The average Bonchev–Trinajstić information content (AvgIpc) is 2.67. The summed E-state index contributed by atoms with van der Waals surface area (Å²) in [6.07, 6.45) is -1.71. The molecule has 11 heteroatoms. The highest BCUT2D eigenvalue weighted by Gasteiger charge is 2.36. The van der Waals surface area contributed by atoms with Gasteiger partial charge in [-0.05, 0) is 37.8 Å². The van der Waals surface area contributed by atoms with Gasteiger partial charge in [0.25, 0.3) is 0 Å². The molecule has 0 bridgehead atoms. The lowest BCUT2D eigenvalue weighted by molar-refractivity contribution is -0.141. The summed E-state index contributed by atoms with van der Waals surface area (Å²) in [4.78, 5) is 26.9. The molecule has 1 atom stereocenters. The van der Waals surface area contributed by atoms with Crippen molar-refractivity contribution in [3.8, 4) is 0 Å². The molecular formula is C21H26F3N7O. The van der Waals surface area contributed by atoms with Gasteiger partial charge in [0.1, 0.15) is 17.4 Å². The van der Waals surface area contributed by atoms with Crippen molar-refractivity contribution in [3.05, 3.63) is 29.7 Å². The van der Waals surface area contributed by atoms with Crippen LogP contribution in [0.2, 0.25) is 0 Å². The maximum atomic E-state index is 12.6. The second kappa shape index (κ2) is 8.10.